The number of nitrogens with two attached hydrogens (primary N) is 1. The fourth-order valence-electron chi connectivity index (χ4n) is 3.39. The maximum absolute atomic E-state index is 13.5. The summed E-state index contributed by atoms with van der Waals surface area (Å²) in [4.78, 5) is 21.6. The lowest BCUT2D eigenvalue weighted by Gasteiger charge is -2.22. The van der Waals surface area contributed by atoms with Crippen LogP contribution in [0.1, 0.15) is 24.2 Å². The Balaban J connectivity index is 1.93. The van der Waals surface area contributed by atoms with Crippen LogP contribution in [0.4, 0.5) is 11.8 Å². The number of para-hydroxylation sites is 1. The van der Waals surface area contributed by atoms with E-state index >= 15 is 0 Å². The van der Waals surface area contributed by atoms with Crippen LogP contribution in [0.2, 0.25) is 5.02 Å². The summed E-state index contributed by atoms with van der Waals surface area (Å²) in [6, 6.07) is 16.4. The lowest BCUT2D eigenvalue weighted by Crippen LogP contribution is -2.26. The standard InChI is InChI=1S/C23H18ClN5O/c1-3-15-13-26-23(25)28-21(15)27-14(2)19-12-16-8-7-11-18(24)20(16)22(30)29(19)17-9-5-4-6-10-17/h1,4-14H,2H3,(H3,25,26,27,28). The van der Waals surface area contributed by atoms with Gasteiger partial charge in [0.25, 0.3) is 5.56 Å². The van der Waals surface area contributed by atoms with Crippen molar-refractivity contribution in [1.82, 2.24) is 14.5 Å². The molecule has 0 saturated heterocycles. The Morgan fingerprint density at radius 3 is 2.70 bits per heavy atom. The molecule has 0 aliphatic carbocycles. The number of hydrogen-bond acceptors (Lipinski definition) is 5. The summed E-state index contributed by atoms with van der Waals surface area (Å²) < 4.78 is 1.64. The first-order valence-corrected chi connectivity index (χ1v) is 9.62. The van der Waals surface area contributed by atoms with Crippen LogP contribution in [0.15, 0.2) is 65.6 Å². The van der Waals surface area contributed by atoms with E-state index in [-0.39, 0.29) is 17.5 Å². The van der Waals surface area contributed by atoms with E-state index in [4.69, 9.17) is 23.8 Å². The molecule has 2 aromatic carbocycles. The summed E-state index contributed by atoms with van der Waals surface area (Å²) in [5.41, 5.74) is 7.46. The van der Waals surface area contributed by atoms with Gasteiger partial charge in [0.2, 0.25) is 5.95 Å². The van der Waals surface area contributed by atoms with E-state index in [2.05, 4.69) is 21.2 Å². The third kappa shape index (κ3) is 3.47. The van der Waals surface area contributed by atoms with Gasteiger partial charge >= 0.3 is 0 Å². The summed E-state index contributed by atoms with van der Waals surface area (Å²) in [6.45, 7) is 1.92. The van der Waals surface area contributed by atoms with E-state index in [1.807, 2.05) is 55.5 Å². The van der Waals surface area contributed by atoms with Crippen LogP contribution in [0.3, 0.4) is 0 Å². The highest BCUT2D eigenvalue weighted by Crippen LogP contribution is 2.27. The van der Waals surface area contributed by atoms with Gasteiger partial charge in [-0.1, -0.05) is 47.9 Å². The molecule has 7 heteroatoms. The molecule has 6 nitrogen and oxygen atoms in total. The number of benzene rings is 2. The van der Waals surface area contributed by atoms with E-state index in [9.17, 15) is 4.79 Å². The van der Waals surface area contributed by atoms with Crippen LogP contribution in [0.5, 0.6) is 0 Å². The fourth-order valence-corrected chi connectivity index (χ4v) is 3.65. The molecule has 1 unspecified atom stereocenters. The van der Waals surface area contributed by atoms with Crippen LogP contribution < -0.4 is 16.6 Å². The van der Waals surface area contributed by atoms with Crippen molar-refractivity contribution in [3.8, 4) is 18.0 Å². The second kappa shape index (κ2) is 7.90. The fraction of sp³-hybridized carbons (Fsp3) is 0.0870. The zero-order valence-corrected chi connectivity index (χ0v) is 16.9. The maximum atomic E-state index is 13.5. The Bertz CT molecular complexity index is 1340. The molecule has 0 bridgehead atoms. The molecular formula is C23H18ClN5O. The Kier molecular flexibility index (Phi) is 5.13. The molecule has 4 rings (SSSR count). The summed E-state index contributed by atoms with van der Waals surface area (Å²) in [7, 11) is 0. The van der Waals surface area contributed by atoms with Crippen LogP contribution in [0.25, 0.3) is 16.5 Å². The van der Waals surface area contributed by atoms with Crippen molar-refractivity contribution in [3.63, 3.8) is 0 Å². The second-order valence-corrected chi connectivity index (χ2v) is 7.16. The predicted molar refractivity (Wildman–Crippen MR) is 121 cm³/mol. The second-order valence-electron chi connectivity index (χ2n) is 6.75. The zero-order valence-electron chi connectivity index (χ0n) is 16.1. The van der Waals surface area contributed by atoms with E-state index in [0.29, 0.717) is 21.8 Å². The van der Waals surface area contributed by atoms with Crippen molar-refractivity contribution in [2.24, 2.45) is 0 Å². The number of anilines is 2. The topological polar surface area (TPSA) is 85.8 Å². The van der Waals surface area contributed by atoms with Gasteiger partial charge in [-0.05, 0) is 36.6 Å². The number of pyridine rings is 1. The van der Waals surface area contributed by atoms with Crippen molar-refractivity contribution in [2.75, 3.05) is 11.1 Å². The van der Waals surface area contributed by atoms with E-state index < -0.39 is 0 Å². The first kappa shape index (κ1) is 19.5. The Labute approximate surface area is 178 Å². The number of terminal acetylenes is 1. The molecule has 0 amide bonds. The van der Waals surface area contributed by atoms with Gasteiger partial charge in [0.15, 0.2) is 0 Å². The van der Waals surface area contributed by atoms with Gasteiger partial charge in [-0.3, -0.25) is 9.36 Å². The summed E-state index contributed by atoms with van der Waals surface area (Å²) in [6.07, 6.45) is 7.06. The molecule has 0 radical (unpaired) electrons. The van der Waals surface area contributed by atoms with Gasteiger partial charge in [-0.2, -0.15) is 4.98 Å². The van der Waals surface area contributed by atoms with Crippen molar-refractivity contribution in [3.05, 3.63) is 87.4 Å². The van der Waals surface area contributed by atoms with Crippen LogP contribution >= 0.6 is 11.6 Å². The lowest BCUT2D eigenvalue weighted by molar-refractivity contribution is 0.772. The molecule has 2 aromatic heterocycles. The minimum atomic E-state index is -0.331. The Morgan fingerprint density at radius 1 is 1.20 bits per heavy atom. The first-order valence-electron chi connectivity index (χ1n) is 9.25. The number of fused-ring (bicyclic) bond motifs is 1. The monoisotopic (exact) mass is 415 g/mol. The minimum Gasteiger partial charge on any atom is -0.368 e. The molecule has 2 heterocycles. The highest BCUT2D eigenvalue weighted by molar-refractivity contribution is 6.35. The molecular weight excluding hydrogens is 398 g/mol. The number of nitrogens with zero attached hydrogens (tertiary/aromatic N) is 3. The van der Waals surface area contributed by atoms with Crippen molar-refractivity contribution in [1.29, 1.82) is 0 Å². The summed E-state index contributed by atoms with van der Waals surface area (Å²) in [5.74, 6) is 3.08. The number of nitrogen functional groups attached to an aromatic ring is 1. The van der Waals surface area contributed by atoms with Crippen LogP contribution in [0, 0.1) is 12.3 Å². The van der Waals surface area contributed by atoms with E-state index in [1.54, 1.807) is 10.6 Å². The Hall–Kier alpha value is -3.82. The van der Waals surface area contributed by atoms with Gasteiger partial charge in [0, 0.05) is 11.4 Å². The molecule has 3 N–H and O–H groups in total. The van der Waals surface area contributed by atoms with Crippen molar-refractivity contribution in [2.45, 2.75) is 13.0 Å². The molecule has 0 spiro atoms. The van der Waals surface area contributed by atoms with Crippen LogP contribution in [-0.2, 0) is 0 Å². The quantitative estimate of drug-likeness (QED) is 0.488. The number of rotatable bonds is 4. The molecule has 1 atom stereocenters. The molecule has 4 aromatic rings. The van der Waals surface area contributed by atoms with Gasteiger partial charge in [-0.15, -0.1) is 6.42 Å². The molecule has 30 heavy (non-hydrogen) atoms. The third-order valence-corrected chi connectivity index (χ3v) is 5.11. The number of hydrogen-bond donors (Lipinski definition) is 2. The average Bonchev–Trinajstić information content (AvgIpc) is 2.74. The van der Waals surface area contributed by atoms with Gasteiger partial charge < -0.3 is 11.1 Å². The van der Waals surface area contributed by atoms with Gasteiger partial charge in [0.05, 0.1) is 28.2 Å². The van der Waals surface area contributed by atoms with E-state index in [1.165, 1.54) is 6.20 Å². The third-order valence-electron chi connectivity index (χ3n) is 4.80. The maximum Gasteiger partial charge on any atom is 0.264 e. The van der Waals surface area contributed by atoms with Gasteiger partial charge in [0.1, 0.15) is 5.82 Å². The minimum absolute atomic E-state index is 0.106. The van der Waals surface area contributed by atoms with Gasteiger partial charge in [-0.25, -0.2) is 4.98 Å². The summed E-state index contributed by atoms with van der Waals surface area (Å²) >= 11 is 6.36. The van der Waals surface area contributed by atoms with E-state index in [0.717, 1.165) is 16.8 Å². The van der Waals surface area contributed by atoms with Crippen molar-refractivity contribution < 1.29 is 0 Å². The zero-order chi connectivity index (χ0) is 21.3. The molecule has 148 valence electrons. The SMILES string of the molecule is C#Cc1cnc(N)nc1NC(C)c1cc2cccc(Cl)c2c(=O)n1-c1ccccc1. The first-order chi connectivity index (χ1) is 14.5. The van der Waals surface area contributed by atoms with Crippen molar-refractivity contribution >= 4 is 34.1 Å². The average molecular weight is 416 g/mol. The Morgan fingerprint density at radius 2 is 1.97 bits per heavy atom. The summed E-state index contributed by atoms with van der Waals surface area (Å²) in [5, 5.41) is 4.90. The largest absolute Gasteiger partial charge is 0.368 e. The molecule has 0 aliphatic heterocycles. The molecule has 0 aliphatic rings. The number of nitrogens with one attached hydrogen (secondary N) is 1. The molecule has 0 saturated carbocycles. The highest BCUT2D eigenvalue weighted by Gasteiger charge is 2.19. The van der Waals surface area contributed by atoms with Crippen LogP contribution in [-0.4, -0.2) is 14.5 Å². The number of aromatic nitrogens is 3. The number of halogens is 1. The predicted octanol–water partition coefficient (Wildman–Crippen LogP) is 4.17. The highest BCUT2D eigenvalue weighted by atomic mass is 35.5. The smallest absolute Gasteiger partial charge is 0.264 e. The normalized spacial score (nSPS) is 11.8. The molecule has 0 fully saturated rings. The lowest BCUT2D eigenvalue weighted by atomic mass is 10.1.